The first kappa shape index (κ1) is 15.8. The van der Waals surface area contributed by atoms with Crippen LogP contribution in [0.1, 0.15) is 38.7 Å². The largest absolute Gasteiger partial charge is 0.493 e. The summed E-state index contributed by atoms with van der Waals surface area (Å²) >= 11 is 3.60. The average Bonchev–Trinajstić information content (AvgIpc) is 3.23. The van der Waals surface area contributed by atoms with Gasteiger partial charge in [0, 0.05) is 30.6 Å². The number of benzene rings is 1. The zero-order valence-corrected chi connectivity index (χ0v) is 14.1. The smallest absolute Gasteiger partial charge is 0.119 e. The van der Waals surface area contributed by atoms with E-state index in [1.807, 2.05) is 6.07 Å². The van der Waals surface area contributed by atoms with Crippen LogP contribution in [-0.4, -0.2) is 25.4 Å². The average molecular weight is 342 g/mol. The van der Waals surface area contributed by atoms with E-state index in [0.717, 1.165) is 23.2 Å². The van der Waals surface area contributed by atoms with Crippen molar-refractivity contribution in [2.24, 2.45) is 0 Å². The van der Waals surface area contributed by atoms with Gasteiger partial charge in [-0.25, -0.2) is 0 Å². The van der Waals surface area contributed by atoms with Crippen LogP contribution in [0.3, 0.4) is 0 Å². The van der Waals surface area contributed by atoms with Crippen molar-refractivity contribution in [3.63, 3.8) is 0 Å². The SMILES string of the molecule is COC(C)(C)CCOc1ccc(Br)c(CNC2CC2)c1. The summed E-state index contributed by atoms with van der Waals surface area (Å²) in [7, 11) is 1.74. The first-order valence-electron chi connectivity index (χ1n) is 7.20. The monoisotopic (exact) mass is 341 g/mol. The van der Waals surface area contributed by atoms with Crippen molar-refractivity contribution < 1.29 is 9.47 Å². The maximum atomic E-state index is 5.83. The molecule has 0 unspecified atom stereocenters. The van der Waals surface area contributed by atoms with E-state index in [0.29, 0.717) is 12.6 Å². The van der Waals surface area contributed by atoms with Crippen molar-refractivity contribution in [2.75, 3.05) is 13.7 Å². The summed E-state index contributed by atoms with van der Waals surface area (Å²) in [6, 6.07) is 6.89. The van der Waals surface area contributed by atoms with Gasteiger partial charge in [-0.3, -0.25) is 0 Å². The number of rotatable bonds is 8. The Morgan fingerprint density at radius 3 is 2.75 bits per heavy atom. The summed E-state index contributed by atoms with van der Waals surface area (Å²) in [6.07, 6.45) is 3.48. The van der Waals surface area contributed by atoms with Crippen LogP contribution in [0.2, 0.25) is 0 Å². The van der Waals surface area contributed by atoms with Gasteiger partial charge >= 0.3 is 0 Å². The lowest BCUT2D eigenvalue weighted by Gasteiger charge is -2.22. The van der Waals surface area contributed by atoms with Crippen molar-refractivity contribution in [3.05, 3.63) is 28.2 Å². The summed E-state index contributed by atoms with van der Waals surface area (Å²) in [4.78, 5) is 0. The third kappa shape index (κ3) is 5.08. The molecule has 1 fully saturated rings. The molecule has 0 aromatic heterocycles. The summed E-state index contributed by atoms with van der Waals surface area (Å²) < 4.78 is 12.4. The number of nitrogens with one attached hydrogen (secondary N) is 1. The lowest BCUT2D eigenvalue weighted by molar-refractivity contribution is 0.00545. The maximum absolute atomic E-state index is 5.83. The molecule has 20 heavy (non-hydrogen) atoms. The summed E-state index contributed by atoms with van der Waals surface area (Å²) in [5, 5.41) is 3.52. The first-order valence-corrected chi connectivity index (χ1v) is 7.99. The zero-order chi connectivity index (χ0) is 14.6. The highest BCUT2D eigenvalue weighted by atomic mass is 79.9. The highest BCUT2D eigenvalue weighted by molar-refractivity contribution is 9.10. The van der Waals surface area contributed by atoms with Gasteiger partial charge < -0.3 is 14.8 Å². The van der Waals surface area contributed by atoms with Crippen LogP contribution < -0.4 is 10.1 Å². The molecule has 0 aliphatic heterocycles. The molecule has 1 aliphatic rings. The van der Waals surface area contributed by atoms with Gasteiger partial charge in [0.25, 0.3) is 0 Å². The van der Waals surface area contributed by atoms with Gasteiger partial charge in [-0.2, -0.15) is 0 Å². The molecule has 0 bridgehead atoms. The predicted octanol–water partition coefficient (Wildman–Crippen LogP) is 3.90. The van der Waals surface area contributed by atoms with Crippen molar-refractivity contribution in [1.82, 2.24) is 5.32 Å². The molecule has 1 aromatic rings. The van der Waals surface area contributed by atoms with Gasteiger partial charge in [-0.15, -0.1) is 0 Å². The predicted molar refractivity (Wildman–Crippen MR) is 85.2 cm³/mol. The molecule has 0 spiro atoms. The number of methoxy groups -OCH3 is 1. The van der Waals surface area contributed by atoms with E-state index in [-0.39, 0.29) is 5.60 Å². The van der Waals surface area contributed by atoms with Gasteiger partial charge in [-0.05, 0) is 50.5 Å². The molecule has 0 radical (unpaired) electrons. The number of ether oxygens (including phenoxy) is 2. The van der Waals surface area contributed by atoms with Crippen LogP contribution in [0.5, 0.6) is 5.75 Å². The fraction of sp³-hybridized carbons (Fsp3) is 0.625. The van der Waals surface area contributed by atoms with Crippen molar-refractivity contribution in [3.8, 4) is 5.75 Å². The lowest BCUT2D eigenvalue weighted by atomic mass is 10.1. The van der Waals surface area contributed by atoms with E-state index in [9.17, 15) is 0 Å². The minimum Gasteiger partial charge on any atom is -0.493 e. The number of halogens is 1. The molecule has 0 amide bonds. The van der Waals surface area contributed by atoms with E-state index in [4.69, 9.17) is 9.47 Å². The van der Waals surface area contributed by atoms with Gasteiger partial charge in [-0.1, -0.05) is 15.9 Å². The van der Waals surface area contributed by atoms with Crippen LogP contribution >= 0.6 is 15.9 Å². The zero-order valence-electron chi connectivity index (χ0n) is 12.5. The first-order chi connectivity index (χ1) is 9.50. The van der Waals surface area contributed by atoms with E-state index in [2.05, 4.69) is 47.2 Å². The Kier molecular flexibility index (Phi) is 5.47. The summed E-state index contributed by atoms with van der Waals surface area (Å²) in [5.41, 5.74) is 1.12. The van der Waals surface area contributed by atoms with E-state index >= 15 is 0 Å². The second-order valence-electron chi connectivity index (χ2n) is 5.97. The highest BCUT2D eigenvalue weighted by Gasteiger charge is 2.20. The molecule has 1 saturated carbocycles. The molecule has 112 valence electrons. The van der Waals surface area contributed by atoms with Crippen LogP contribution in [0.4, 0.5) is 0 Å². The van der Waals surface area contributed by atoms with E-state index in [1.165, 1.54) is 18.4 Å². The normalized spacial score (nSPS) is 15.4. The van der Waals surface area contributed by atoms with Gasteiger partial charge in [0.1, 0.15) is 5.75 Å². The fourth-order valence-electron chi connectivity index (χ4n) is 1.83. The van der Waals surface area contributed by atoms with Crippen molar-refractivity contribution >= 4 is 15.9 Å². The molecular formula is C16H24BrNO2. The molecule has 2 rings (SSSR count). The van der Waals surface area contributed by atoms with E-state index in [1.54, 1.807) is 7.11 Å². The molecular weight excluding hydrogens is 318 g/mol. The molecule has 0 saturated heterocycles. The third-order valence-corrected chi connectivity index (χ3v) is 4.47. The van der Waals surface area contributed by atoms with Crippen LogP contribution in [0.15, 0.2) is 22.7 Å². The molecule has 0 heterocycles. The number of hydrogen-bond donors (Lipinski definition) is 1. The van der Waals surface area contributed by atoms with E-state index < -0.39 is 0 Å². The van der Waals surface area contributed by atoms with Crippen molar-refractivity contribution in [2.45, 2.75) is 51.3 Å². The molecule has 4 heteroatoms. The van der Waals surface area contributed by atoms with Gasteiger partial charge in [0.15, 0.2) is 0 Å². The molecule has 1 aliphatic carbocycles. The Morgan fingerprint density at radius 2 is 2.10 bits per heavy atom. The Bertz CT molecular complexity index is 444. The van der Waals surface area contributed by atoms with Crippen molar-refractivity contribution in [1.29, 1.82) is 0 Å². The number of hydrogen-bond acceptors (Lipinski definition) is 3. The Hall–Kier alpha value is -0.580. The Balaban J connectivity index is 1.86. The fourth-order valence-corrected chi connectivity index (χ4v) is 2.22. The lowest BCUT2D eigenvalue weighted by Crippen LogP contribution is -2.25. The standard InChI is InChI=1S/C16H24BrNO2/c1-16(2,19-3)8-9-20-14-6-7-15(17)12(10-14)11-18-13-4-5-13/h6-7,10,13,18H,4-5,8-9,11H2,1-3H3. The second kappa shape index (κ2) is 6.92. The minimum absolute atomic E-state index is 0.133. The highest BCUT2D eigenvalue weighted by Crippen LogP contribution is 2.25. The quantitative estimate of drug-likeness (QED) is 0.777. The topological polar surface area (TPSA) is 30.5 Å². The molecule has 1 N–H and O–H groups in total. The Morgan fingerprint density at radius 1 is 1.35 bits per heavy atom. The minimum atomic E-state index is -0.133. The summed E-state index contributed by atoms with van der Waals surface area (Å²) in [6.45, 7) is 5.70. The third-order valence-electron chi connectivity index (χ3n) is 3.70. The molecule has 0 atom stereocenters. The molecule has 1 aromatic carbocycles. The second-order valence-corrected chi connectivity index (χ2v) is 6.83. The summed E-state index contributed by atoms with van der Waals surface area (Å²) in [5.74, 6) is 0.924. The van der Waals surface area contributed by atoms with Crippen LogP contribution in [-0.2, 0) is 11.3 Å². The van der Waals surface area contributed by atoms with Gasteiger partial charge in [0.05, 0.1) is 12.2 Å². The molecule has 3 nitrogen and oxygen atoms in total. The van der Waals surface area contributed by atoms with Crippen LogP contribution in [0.25, 0.3) is 0 Å². The Labute approximate surface area is 130 Å². The van der Waals surface area contributed by atoms with Gasteiger partial charge in [0.2, 0.25) is 0 Å². The maximum Gasteiger partial charge on any atom is 0.119 e. The van der Waals surface area contributed by atoms with Crippen LogP contribution in [0, 0.1) is 0 Å².